The quantitative estimate of drug-likeness (QED) is 0.900. The summed E-state index contributed by atoms with van der Waals surface area (Å²) in [7, 11) is 0. The summed E-state index contributed by atoms with van der Waals surface area (Å²) >= 11 is 0. The summed E-state index contributed by atoms with van der Waals surface area (Å²) in [5.74, 6) is 1.39. The number of furan rings is 1. The van der Waals surface area contributed by atoms with E-state index in [1.807, 2.05) is 50.8 Å². The standard InChI is InChI=1S/C21H27N3O3/c1-14-6-5-7-15(2)20(14)22-19(25)13-23-8-10-24(11-9-23)21(26)18-12-16(3)27-17(18)4/h5-7,12H,8-11,13H2,1-4H3,(H,22,25). The number of benzene rings is 1. The average Bonchev–Trinajstić information content (AvgIpc) is 2.96. The van der Waals surface area contributed by atoms with Crippen LogP contribution in [0.25, 0.3) is 0 Å². The summed E-state index contributed by atoms with van der Waals surface area (Å²) in [6, 6.07) is 7.76. The lowest BCUT2D eigenvalue weighted by atomic mass is 10.1. The van der Waals surface area contributed by atoms with Gasteiger partial charge in [-0.1, -0.05) is 18.2 Å². The minimum absolute atomic E-state index is 0.00369. The number of carbonyl (C=O) groups excluding carboxylic acids is 2. The number of anilines is 1. The third-order valence-electron chi connectivity index (χ3n) is 5.04. The van der Waals surface area contributed by atoms with Crippen LogP contribution >= 0.6 is 0 Å². The van der Waals surface area contributed by atoms with Crippen molar-refractivity contribution < 1.29 is 14.0 Å². The molecule has 6 heteroatoms. The van der Waals surface area contributed by atoms with E-state index in [-0.39, 0.29) is 11.8 Å². The van der Waals surface area contributed by atoms with Crippen molar-refractivity contribution in [1.82, 2.24) is 9.80 Å². The van der Waals surface area contributed by atoms with Crippen LogP contribution in [0.4, 0.5) is 5.69 Å². The maximum Gasteiger partial charge on any atom is 0.257 e. The second-order valence-electron chi connectivity index (χ2n) is 7.21. The monoisotopic (exact) mass is 369 g/mol. The summed E-state index contributed by atoms with van der Waals surface area (Å²) in [6.45, 7) is 10.6. The normalized spacial score (nSPS) is 15.0. The van der Waals surface area contributed by atoms with Crippen molar-refractivity contribution in [3.05, 3.63) is 52.5 Å². The highest BCUT2D eigenvalue weighted by Gasteiger charge is 2.25. The van der Waals surface area contributed by atoms with Crippen molar-refractivity contribution in [1.29, 1.82) is 0 Å². The highest BCUT2D eigenvalue weighted by molar-refractivity contribution is 5.95. The lowest BCUT2D eigenvalue weighted by molar-refractivity contribution is -0.117. The number of para-hydroxylation sites is 1. The number of amides is 2. The molecule has 1 N–H and O–H groups in total. The topological polar surface area (TPSA) is 65.8 Å². The second-order valence-corrected chi connectivity index (χ2v) is 7.21. The minimum Gasteiger partial charge on any atom is -0.466 e. The van der Waals surface area contributed by atoms with Crippen LogP contribution in [-0.4, -0.2) is 54.3 Å². The van der Waals surface area contributed by atoms with Gasteiger partial charge in [-0.3, -0.25) is 14.5 Å². The molecule has 0 spiro atoms. The van der Waals surface area contributed by atoms with Crippen LogP contribution in [0.2, 0.25) is 0 Å². The molecule has 0 saturated carbocycles. The Kier molecular flexibility index (Phi) is 5.65. The van der Waals surface area contributed by atoms with Crippen molar-refractivity contribution in [2.45, 2.75) is 27.7 Å². The van der Waals surface area contributed by atoms with Gasteiger partial charge in [-0.25, -0.2) is 0 Å². The smallest absolute Gasteiger partial charge is 0.257 e. The predicted molar refractivity (Wildman–Crippen MR) is 105 cm³/mol. The van der Waals surface area contributed by atoms with E-state index < -0.39 is 0 Å². The van der Waals surface area contributed by atoms with Gasteiger partial charge >= 0.3 is 0 Å². The molecule has 6 nitrogen and oxygen atoms in total. The molecule has 144 valence electrons. The summed E-state index contributed by atoms with van der Waals surface area (Å²) in [6.07, 6.45) is 0. The fraction of sp³-hybridized carbons (Fsp3) is 0.429. The highest BCUT2D eigenvalue weighted by Crippen LogP contribution is 2.20. The van der Waals surface area contributed by atoms with Gasteiger partial charge in [0.1, 0.15) is 11.5 Å². The number of nitrogens with zero attached hydrogens (tertiary/aromatic N) is 2. The van der Waals surface area contributed by atoms with Gasteiger partial charge in [0.25, 0.3) is 5.91 Å². The molecule has 0 radical (unpaired) electrons. The number of aryl methyl sites for hydroxylation is 4. The van der Waals surface area contributed by atoms with Gasteiger partial charge < -0.3 is 14.6 Å². The van der Waals surface area contributed by atoms with Gasteiger partial charge in [0.15, 0.2) is 0 Å². The van der Waals surface area contributed by atoms with E-state index in [1.165, 1.54) is 0 Å². The number of nitrogens with one attached hydrogen (secondary N) is 1. The van der Waals surface area contributed by atoms with Crippen molar-refractivity contribution >= 4 is 17.5 Å². The average molecular weight is 369 g/mol. The Bertz CT molecular complexity index is 828. The third kappa shape index (κ3) is 4.39. The maximum atomic E-state index is 12.6. The molecule has 1 aliphatic heterocycles. The lowest BCUT2D eigenvalue weighted by Gasteiger charge is -2.34. The van der Waals surface area contributed by atoms with Crippen molar-refractivity contribution in [2.24, 2.45) is 0 Å². The van der Waals surface area contributed by atoms with Gasteiger partial charge in [-0.15, -0.1) is 0 Å². The molecule has 1 saturated heterocycles. The van der Waals surface area contributed by atoms with E-state index >= 15 is 0 Å². The molecule has 2 amide bonds. The minimum atomic E-state index is -0.0199. The number of hydrogen-bond donors (Lipinski definition) is 1. The molecule has 1 aromatic carbocycles. The summed E-state index contributed by atoms with van der Waals surface area (Å²) in [5.41, 5.74) is 3.64. The van der Waals surface area contributed by atoms with E-state index in [1.54, 1.807) is 6.07 Å². The van der Waals surface area contributed by atoms with E-state index in [2.05, 4.69) is 10.2 Å². The van der Waals surface area contributed by atoms with E-state index in [4.69, 9.17) is 4.42 Å². The predicted octanol–water partition coefficient (Wildman–Crippen LogP) is 2.91. The molecule has 1 aromatic heterocycles. The van der Waals surface area contributed by atoms with Gasteiger partial charge in [-0.05, 0) is 44.9 Å². The zero-order chi connectivity index (χ0) is 19.6. The lowest BCUT2D eigenvalue weighted by Crippen LogP contribution is -2.50. The summed E-state index contributed by atoms with van der Waals surface area (Å²) < 4.78 is 5.47. The molecule has 1 aliphatic rings. The largest absolute Gasteiger partial charge is 0.466 e. The zero-order valence-electron chi connectivity index (χ0n) is 16.5. The van der Waals surface area contributed by atoms with Crippen molar-refractivity contribution in [3.63, 3.8) is 0 Å². The van der Waals surface area contributed by atoms with Gasteiger partial charge in [0, 0.05) is 31.9 Å². The molecule has 2 aromatic rings. The molecule has 3 rings (SSSR count). The number of hydrogen-bond acceptors (Lipinski definition) is 4. The van der Waals surface area contributed by atoms with Crippen LogP contribution in [0, 0.1) is 27.7 Å². The van der Waals surface area contributed by atoms with Gasteiger partial charge in [0.05, 0.1) is 12.1 Å². The fourth-order valence-electron chi connectivity index (χ4n) is 3.52. The Hall–Kier alpha value is -2.60. The molecule has 0 bridgehead atoms. The number of piperazine rings is 1. The van der Waals surface area contributed by atoms with Crippen LogP contribution in [-0.2, 0) is 4.79 Å². The van der Waals surface area contributed by atoms with Crippen LogP contribution < -0.4 is 5.32 Å². The molecule has 0 aliphatic carbocycles. The van der Waals surface area contributed by atoms with Crippen molar-refractivity contribution in [2.75, 3.05) is 38.0 Å². The zero-order valence-corrected chi connectivity index (χ0v) is 16.5. The van der Waals surface area contributed by atoms with E-state index in [9.17, 15) is 9.59 Å². The molecule has 0 atom stereocenters. The van der Waals surface area contributed by atoms with E-state index in [0.717, 1.165) is 22.6 Å². The van der Waals surface area contributed by atoms with Crippen molar-refractivity contribution in [3.8, 4) is 0 Å². The Morgan fingerprint density at radius 2 is 1.67 bits per heavy atom. The fourth-order valence-corrected chi connectivity index (χ4v) is 3.52. The molecule has 2 heterocycles. The Morgan fingerprint density at radius 1 is 1.04 bits per heavy atom. The van der Waals surface area contributed by atoms with Crippen LogP contribution in [0.3, 0.4) is 0 Å². The summed E-state index contributed by atoms with van der Waals surface area (Å²) in [4.78, 5) is 29.0. The number of rotatable bonds is 4. The Labute approximate surface area is 160 Å². The Balaban J connectivity index is 1.53. The first-order valence-corrected chi connectivity index (χ1v) is 9.30. The molecule has 0 unspecified atom stereocenters. The highest BCUT2D eigenvalue weighted by atomic mass is 16.3. The molecular weight excluding hydrogens is 342 g/mol. The first kappa shape index (κ1) is 19.2. The second kappa shape index (κ2) is 7.96. The van der Waals surface area contributed by atoms with E-state index in [0.29, 0.717) is 44.0 Å². The molecular formula is C21H27N3O3. The van der Waals surface area contributed by atoms with Gasteiger partial charge in [-0.2, -0.15) is 0 Å². The third-order valence-corrected chi connectivity index (χ3v) is 5.04. The first-order valence-electron chi connectivity index (χ1n) is 9.30. The first-order chi connectivity index (χ1) is 12.8. The summed E-state index contributed by atoms with van der Waals surface area (Å²) in [5, 5.41) is 3.02. The SMILES string of the molecule is Cc1cc(C(=O)N2CCN(CC(=O)Nc3c(C)cccc3C)CC2)c(C)o1. The van der Waals surface area contributed by atoms with Crippen LogP contribution in [0.5, 0.6) is 0 Å². The number of carbonyl (C=O) groups is 2. The maximum absolute atomic E-state index is 12.6. The van der Waals surface area contributed by atoms with Gasteiger partial charge in [0.2, 0.25) is 5.91 Å². The van der Waals surface area contributed by atoms with Crippen LogP contribution in [0.1, 0.15) is 33.0 Å². The Morgan fingerprint density at radius 3 is 2.22 bits per heavy atom. The molecule has 27 heavy (non-hydrogen) atoms. The van der Waals surface area contributed by atoms with Crippen LogP contribution in [0.15, 0.2) is 28.7 Å². The molecule has 1 fully saturated rings.